The fourth-order valence-electron chi connectivity index (χ4n) is 3.39. The molecule has 1 aliphatic carbocycles. The van der Waals surface area contributed by atoms with Crippen molar-refractivity contribution < 1.29 is 9.59 Å². The summed E-state index contributed by atoms with van der Waals surface area (Å²) in [5, 5.41) is 2.95. The van der Waals surface area contributed by atoms with Gasteiger partial charge >= 0.3 is 0 Å². The lowest BCUT2D eigenvalue weighted by Gasteiger charge is -2.17. The Morgan fingerprint density at radius 3 is 2.44 bits per heavy atom. The number of nitrogens with one attached hydrogen (secondary N) is 1. The molecule has 2 atom stereocenters. The van der Waals surface area contributed by atoms with Crippen molar-refractivity contribution in [3.8, 4) is 0 Å². The molecule has 25 heavy (non-hydrogen) atoms. The molecule has 1 amide bonds. The maximum absolute atomic E-state index is 12.5. The van der Waals surface area contributed by atoms with E-state index in [4.69, 9.17) is 5.73 Å². The summed E-state index contributed by atoms with van der Waals surface area (Å²) in [6.07, 6.45) is 2.95. The summed E-state index contributed by atoms with van der Waals surface area (Å²) in [5.74, 6) is 0.197. The number of rotatable bonds is 5. The van der Waals surface area contributed by atoms with Crippen LogP contribution in [0.2, 0.25) is 0 Å². The Balaban J connectivity index is 0.00000225. The highest BCUT2D eigenvalue weighted by Crippen LogP contribution is 2.32. The van der Waals surface area contributed by atoms with Crippen LogP contribution in [0.25, 0.3) is 0 Å². The molecule has 0 radical (unpaired) electrons. The van der Waals surface area contributed by atoms with Gasteiger partial charge in [-0.1, -0.05) is 48.9 Å². The van der Waals surface area contributed by atoms with E-state index in [0.717, 1.165) is 19.3 Å². The molecule has 132 valence electrons. The lowest BCUT2D eigenvalue weighted by molar-refractivity contribution is -0.120. The summed E-state index contributed by atoms with van der Waals surface area (Å²) in [6, 6.07) is 16.2. The number of nitrogens with two attached hydrogens (primary N) is 1. The maximum atomic E-state index is 12.5. The first kappa shape index (κ1) is 19.2. The van der Waals surface area contributed by atoms with Gasteiger partial charge in [0.25, 0.3) is 0 Å². The Kier molecular flexibility index (Phi) is 6.73. The molecule has 0 bridgehead atoms. The molecule has 1 fully saturated rings. The quantitative estimate of drug-likeness (QED) is 0.801. The molecule has 2 aromatic carbocycles. The van der Waals surface area contributed by atoms with E-state index in [2.05, 4.69) is 5.32 Å². The summed E-state index contributed by atoms with van der Waals surface area (Å²) in [4.78, 5) is 25.0. The van der Waals surface area contributed by atoms with Crippen LogP contribution in [0.15, 0.2) is 54.6 Å². The molecular weight excluding hydrogens is 336 g/mol. The van der Waals surface area contributed by atoms with Crippen molar-refractivity contribution in [3.05, 3.63) is 65.7 Å². The van der Waals surface area contributed by atoms with Crippen LogP contribution in [0.1, 0.15) is 35.2 Å². The lowest BCUT2D eigenvalue weighted by Crippen LogP contribution is -2.29. The van der Waals surface area contributed by atoms with Crippen molar-refractivity contribution in [3.63, 3.8) is 0 Å². The molecule has 4 nitrogen and oxygen atoms in total. The Morgan fingerprint density at radius 2 is 1.72 bits per heavy atom. The number of hydrogen-bond donors (Lipinski definition) is 2. The van der Waals surface area contributed by atoms with Gasteiger partial charge in [0.05, 0.1) is 0 Å². The van der Waals surface area contributed by atoms with Crippen LogP contribution in [-0.4, -0.2) is 18.2 Å². The van der Waals surface area contributed by atoms with Gasteiger partial charge in [0.2, 0.25) is 5.91 Å². The fraction of sp³-hybridized carbons (Fsp3) is 0.300. The SMILES string of the molecule is Cl.NC[C@H]1CCC[C@H]1C(=O)Nc1cccc(C(=O)c2ccccc2)c1. The summed E-state index contributed by atoms with van der Waals surface area (Å²) in [6.45, 7) is 0.546. The minimum Gasteiger partial charge on any atom is -0.330 e. The Morgan fingerprint density at radius 1 is 1.00 bits per heavy atom. The zero-order valence-electron chi connectivity index (χ0n) is 14.0. The van der Waals surface area contributed by atoms with Crippen molar-refractivity contribution in [2.75, 3.05) is 11.9 Å². The average molecular weight is 359 g/mol. The molecule has 5 heteroatoms. The number of benzene rings is 2. The van der Waals surface area contributed by atoms with E-state index >= 15 is 0 Å². The standard InChI is InChI=1S/C20H22N2O2.ClH/c21-13-16-9-5-11-18(16)20(24)22-17-10-4-8-15(12-17)19(23)14-6-2-1-3-7-14;/h1-4,6-8,10,12,16,18H,5,9,11,13,21H2,(H,22,24);1H/t16-,18-;/m1./s1. The lowest BCUT2D eigenvalue weighted by atomic mass is 9.95. The highest BCUT2D eigenvalue weighted by Gasteiger charge is 2.31. The molecule has 1 aliphatic rings. The molecule has 3 N–H and O–H groups in total. The number of carbonyl (C=O) groups is 2. The second kappa shape index (κ2) is 8.79. The minimum absolute atomic E-state index is 0. The number of halogens is 1. The molecule has 2 aromatic rings. The summed E-state index contributed by atoms with van der Waals surface area (Å²) < 4.78 is 0. The Hall–Kier alpha value is -2.17. The third kappa shape index (κ3) is 4.47. The van der Waals surface area contributed by atoms with Gasteiger partial charge in [0, 0.05) is 22.7 Å². The summed E-state index contributed by atoms with van der Waals surface area (Å²) in [7, 11) is 0. The van der Waals surface area contributed by atoms with Crippen molar-refractivity contribution in [2.45, 2.75) is 19.3 Å². The zero-order chi connectivity index (χ0) is 16.9. The highest BCUT2D eigenvalue weighted by atomic mass is 35.5. The summed E-state index contributed by atoms with van der Waals surface area (Å²) >= 11 is 0. The van der Waals surface area contributed by atoms with Crippen LogP contribution in [-0.2, 0) is 4.79 Å². The topological polar surface area (TPSA) is 72.2 Å². The normalized spacial score (nSPS) is 19.1. The largest absolute Gasteiger partial charge is 0.330 e. The molecular formula is C20H23ClN2O2. The molecule has 0 aliphatic heterocycles. The predicted octanol–water partition coefficient (Wildman–Crippen LogP) is 3.65. The van der Waals surface area contributed by atoms with Crippen molar-refractivity contribution >= 4 is 29.8 Å². The van der Waals surface area contributed by atoms with Crippen LogP contribution in [0.4, 0.5) is 5.69 Å². The van der Waals surface area contributed by atoms with Gasteiger partial charge < -0.3 is 11.1 Å². The molecule has 0 heterocycles. The van der Waals surface area contributed by atoms with Gasteiger partial charge in [0.1, 0.15) is 0 Å². The minimum atomic E-state index is -0.0487. The highest BCUT2D eigenvalue weighted by molar-refractivity contribution is 6.09. The second-order valence-corrected chi connectivity index (χ2v) is 6.30. The van der Waals surface area contributed by atoms with Crippen LogP contribution < -0.4 is 11.1 Å². The molecule has 1 saturated carbocycles. The van der Waals surface area contributed by atoms with Crippen LogP contribution >= 0.6 is 12.4 Å². The number of hydrogen-bond acceptors (Lipinski definition) is 3. The van der Waals surface area contributed by atoms with E-state index < -0.39 is 0 Å². The molecule has 3 rings (SSSR count). The van der Waals surface area contributed by atoms with E-state index in [-0.39, 0.29) is 35.9 Å². The molecule has 0 aromatic heterocycles. The van der Waals surface area contributed by atoms with Crippen molar-refractivity contribution in [2.24, 2.45) is 17.6 Å². The molecule has 0 unspecified atom stereocenters. The van der Waals surface area contributed by atoms with E-state index in [1.807, 2.05) is 24.3 Å². The van der Waals surface area contributed by atoms with Crippen molar-refractivity contribution in [1.82, 2.24) is 0 Å². The van der Waals surface area contributed by atoms with Gasteiger partial charge in [0.15, 0.2) is 5.78 Å². The van der Waals surface area contributed by atoms with Crippen LogP contribution in [0.5, 0.6) is 0 Å². The first-order valence-corrected chi connectivity index (χ1v) is 8.40. The third-order valence-electron chi connectivity index (χ3n) is 4.73. The average Bonchev–Trinajstić information content (AvgIpc) is 3.11. The van der Waals surface area contributed by atoms with E-state index in [9.17, 15) is 9.59 Å². The van der Waals surface area contributed by atoms with Gasteiger partial charge in [-0.25, -0.2) is 0 Å². The zero-order valence-corrected chi connectivity index (χ0v) is 14.8. The number of carbonyl (C=O) groups excluding carboxylic acids is 2. The third-order valence-corrected chi connectivity index (χ3v) is 4.73. The van der Waals surface area contributed by atoms with E-state index in [1.165, 1.54) is 0 Å². The second-order valence-electron chi connectivity index (χ2n) is 6.30. The smallest absolute Gasteiger partial charge is 0.227 e. The van der Waals surface area contributed by atoms with Crippen LogP contribution in [0, 0.1) is 11.8 Å². The Labute approximate surface area is 154 Å². The number of anilines is 1. The van der Waals surface area contributed by atoms with E-state index in [0.29, 0.717) is 23.4 Å². The molecule has 0 saturated heterocycles. The van der Waals surface area contributed by atoms with Crippen molar-refractivity contribution in [1.29, 1.82) is 0 Å². The maximum Gasteiger partial charge on any atom is 0.227 e. The number of ketones is 1. The number of amides is 1. The van der Waals surface area contributed by atoms with Crippen LogP contribution in [0.3, 0.4) is 0 Å². The first-order chi connectivity index (χ1) is 11.7. The summed E-state index contributed by atoms with van der Waals surface area (Å²) in [5.41, 5.74) is 7.62. The van der Waals surface area contributed by atoms with Gasteiger partial charge in [-0.3, -0.25) is 9.59 Å². The first-order valence-electron chi connectivity index (χ1n) is 8.40. The molecule has 0 spiro atoms. The van der Waals surface area contributed by atoms with Gasteiger partial charge in [-0.05, 0) is 37.4 Å². The Bertz CT molecular complexity index is 733. The van der Waals surface area contributed by atoms with E-state index in [1.54, 1.807) is 30.3 Å². The monoisotopic (exact) mass is 358 g/mol. The van der Waals surface area contributed by atoms with Gasteiger partial charge in [-0.15, -0.1) is 12.4 Å². The predicted molar refractivity (Wildman–Crippen MR) is 102 cm³/mol. The fourth-order valence-corrected chi connectivity index (χ4v) is 3.39. The van der Waals surface area contributed by atoms with Gasteiger partial charge in [-0.2, -0.15) is 0 Å².